The third-order valence-electron chi connectivity index (χ3n) is 4.80. The van der Waals surface area contributed by atoms with Crippen molar-refractivity contribution in [3.63, 3.8) is 0 Å². The van der Waals surface area contributed by atoms with E-state index in [0.29, 0.717) is 31.0 Å². The number of hydrogen-bond acceptors (Lipinski definition) is 5. The van der Waals surface area contributed by atoms with Crippen molar-refractivity contribution in [1.82, 2.24) is 9.88 Å². The van der Waals surface area contributed by atoms with Crippen LogP contribution in [0, 0.1) is 5.92 Å². The van der Waals surface area contributed by atoms with Gasteiger partial charge in [0.05, 0.1) is 36.2 Å². The number of fused-ring (bicyclic) bond motifs is 1. The van der Waals surface area contributed by atoms with Crippen LogP contribution in [-0.2, 0) is 9.53 Å². The predicted octanol–water partition coefficient (Wildman–Crippen LogP) is 1.93. The van der Waals surface area contributed by atoms with E-state index in [-0.39, 0.29) is 29.9 Å². The quantitative estimate of drug-likeness (QED) is 0.922. The molecule has 2 aliphatic heterocycles. The minimum Gasteiger partial charge on any atom is -0.459 e. The summed E-state index contributed by atoms with van der Waals surface area (Å²) in [5.41, 5.74) is 0.644. The lowest BCUT2D eigenvalue weighted by atomic mass is 9.89. The molecule has 0 unspecified atom stereocenters. The van der Waals surface area contributed by atoms with Crippen LogP contribution in [0.5, 0.6) is 0 Å². The molecule has 7 heteroatoms. The number of furan rings is 1. The average Bonchev–Trinajstić information content (AvgIpc) is 3.32. The summed E-state index contributed by atoms with van der Waals surface area (Å²) in [5, 5.41) is 2.87. The van der Waals surface area contributed by atoms with Gasteiger partial charge in [0, 0.05) is 19.3 Å². The van der Waals surface area contributed by atoms with Gasteiger partial charge in [0.1, 0.15) is 0 Å². The molecule has 0 saturated carbocycles. The minimum atomic E-state index is -0.335. The van der Waals surface area contributed by atoms with E-state index in [2.05, 4.69) is 10.3 Å². The lowest BCUT2D eigenvalue weighted by Gasteiger charge is -2.39. The van der Waals surface area contributed by atoms with Crippen LogP contribution in [0.1, 0.15) is 23.4 Å². The van der Waals surface area contributed by atoms with Gasteiger partial charge in [0.15, 0.2) is 5.76 Å². The normalized spacial score (nSPS) is 25.4. The first-order valence-electron chi connectivity index (χ1n) is 8.39. The Kier molecular flexibility index (Phi) is 4.23. The molecule has 0 spiro atoms. The molecule has 3 atom stereocenters. The lowest BCUT2D eigenvalue weighted by molar-refractivity contribution is -0.123. The zero-order chi connectivity index (χ0) is 17.2. The van der Waals surface area contributed by atoms with E-state index in [9.17, 15) is 9.59 Å². The molecule has 0 radical (unpaired) electrons. The monoisotopic (exact) mass is 341 g/mol. The highest BCUT2D eigenvalue weighted by Crippen LogP contribution is 2.33. The van der Waals surface area contributed by atoms with E-state index in [4.69, 9.17) is 9.15 Å². The summed E-state index contributed by atoms with van der Waals surface area (Å²) in [6.07, 6.45) is 6.01. The van der Waals surface area contributed by atoms with Crippen molar-refractivity contribution in [1.29, 1.82) is 0 Å². The standard InChI is InChI=1S/C18H19N3O4/c22-17(20-13-3-1-6-19-10-13)12-9-16-14(5-8-25-16)21(11-12)18(23)15-4-2-7-24-15/h1-4,6-7,10,12,14,16H,5,8-9,11H2,(H,20,22)/t12-,14+,16+/m0/s1. The van der Waals surface area contributed by atoms with Gasteiger partial charge in [-0.25, -0.2) is 0 Å². The Labute approximate surface area is 145 Å². The Hall–Kier alpha value is -2.67. The van der Waals surface area contributed by atoms with E-state index in [1.54, 1.807) is 41.6 Å². The fourth-order valence-electron chi connectivity index (χ4n) is 3.59. The highest BCUT2D eigenvalue weighted by molar-refractivity contribution is 5.95. The maximum Gasteiger partial charge on any atom is 0.289 e. The molecule has 2 fully saturated rings. The molecule has 4 heterocycles. The number of pyridine rings is 1. The van der Waals surface area contributed by atoms with Crippen LogP contribution in [0.3, 0.4) is 0 Å². The fraction of sp³-hybridized carbons (Fsp3) is 0.389. The zero-order valence-electron chi connectivity index (χ0n) is 13.6. The second kappa shape index (κ2) is 6.68. The topological polar surface area (TPSA) is 84.7 Å². The maximum atomic E-state index is 12.8. The van der Waals surface area contributed by atoms with Gasteiger partial charge >= 0.3 is 0 Å². The van der Waals surface area contributed by atoms with Gasteiger partial charge in [-0.15, -0.1) is 0 Å². The number of likely N-dealkylation sites (tertiary alicyclic amines) is 1. The molecule has 25 heavy (non-hydrogen) atoms. The molecule has 7 nitrogen and oxygen atoms in total. The molecule has 2 saturated heterocycles. The number of anilines is 1. The Morgan fingerprint density at radius 2 is 2.20 bits per heavy atom. The number of nitrogens with one attached hydrogen (secondary N) is 1. The smallest absolute Gasteiger partial charge is 0.289 e. The Morgan fingerprint density at radius 3 is 2.96 bits per heavy atom. The highest BCUT2D eigenvalue weighted by atomic mass is 16.5. The van der Waals surface area contributed by atoms with Crippen LogP contribution in [0.4, 0.5) is 5.69 Å². The zero-order valence-corrected chi connectivity index (χ0v) is 13.6. The summed E-state index contributed by atoms with van der Waals surface area (Å²) >= 11 is 0. The van der Waals surface area contributed by atoms with Gasteiger partial charge < -0.3 is 19.4 Å². The summed E-state index contributed by atoms with van der Waals surface area (Å²) in [5.74, 6) is -0.360. The third-order valence-corrected chi connectivity index (χ3v) is 4.80. The van der Waals surface area contributed by atoms with Gasteiger partial charge in [-0.05, 0) is 37.1 Å². The van der Waals surface area contributed by atoms with Crippen molar-refractivity contribution < 1.29 is 18.7 Å². The SMILES string of the molecule is O=C(Nc1cccnc1)[C@H]1C[C@H]2OCC[C@H]2N(C(=O)c2ccco2)C1. The van der Waals surface area contributed by atoms with Gasteiger partial charge in [-0.3, -0.25) is 14.6 Å². The fourth-order valence-corrected chi connectivity index (χ4v) is 3.59. The Morgan fingerprint density at radius 1 is 1.28 bits per heavy atom. The number of amides is 2. The van der Waals surface area contributed by atoms with E-state index >= 15 is 0 Å². The number of piperidine rings is 1. The lowest BCUT2D eigenvalue weighted by Crippen LogP contribution is -2.54. The predicted molar refractivity (Wildman–Crippen MR) is 88.9 cm³/mol. The molecular weight excluding hydrogens is 322 g/mol. The number of nitrogens with zero attached hydrogens (tertiary/aromatic N) is 2. The number of ether oxygens (including phenoxy) is 1. The Balaban J connectivity index is 1.52. The van der Waals surface area contributed by atoms with Crippen molar-refractivity contribution in [3.05, 3.63) is 48.7 Å². The minimum absolute atomic E-state index is 0.0000388. The van der Waals surface area contributed by atoms with Crippen LogP contribution in [0.15, 0.2) is 47.3 Å². The van der Waals surface area contributed by atoms with Crippen LogP contribution in [0.25, 0.3) is 0 Å². The molecule has 0 aliphatic carbocycles. The maximum absolute atomic E-state index is 12.8. The van der Waals surface area contributed by atoms with E-state index in [1.165, 1.54) is 6.26 Å². The number of carbonyl (C=O) groups excluding carboxylic acids is 2. The van der Waals surface area contributed by atoms with Gasteiger partial charge in [0.2, 0.25) is 5.91 Å². The van der Waals surface area contributed by atoms with E-state index in [0.717, 1.165) is 6.42 Å². The van der Waals surface area contributed by atoms with Crippen LogP contribution in [0.2, 0.25) is 0 Å². The third kappa shape index (κ3) is 3.15. The molecule has 4 rings (SSSR count). The Bertz CT molecular complexity index is 747. The largest absolute Gasteiger partial charge is 0.459 e. The molecular formula is C18H19N3O4. The number of hydrogen-bond donors (Lipinski definition) is 1. The first kappa shape index (κ1) is 15.8. The van der Waals surface area contributed by atoms with Gasteiger partial charge in [-0.1, -0.05) is 0 Å². The number of aromatic nitrogens is 1. The first-order chi connectivity index (χ1) is 12.2. The summed E-state index contributed by atoms with van der Waals surface area (Å²) in [6.45, 7) is 0.963. The molecule has 130 valence electrons. The summed E-state index contributed by atoms with van der Waals surface area (Å²) < 4.78 is 11.0. The van der Waals surface area contributed by atoms with Crippen molar-refractivity contribution in [3.8, 4) is 0 Å². The molecule has 2 aromatic rings. The second-order valence-corrected chi connectivity index (χ2v) is 6.36. The number of rotatable bonds is 3. The molecule has 2 amide bonds. The van der Waals surface area contributed by atoms with Crippen molar-refractivity contribution in [2.24, 2.45) is 5.92 Å². The van der Waals surface area contributed by atoms with Crippen molar-refractivity contribution in [2.75, 3.05) is 18.5 Å². The van der Waals surface area contributed by atoms with Crippen LogP contribution in [-0.4, -0.2) is 47.0 Å². The summed E-state index contributed by atoms with van der Waals surface area (Å²) in [6, 6.07) is 6.88. The first-order valence-corrected chi connectivity index (χ1v) is 8.39. The van der Waals surface area contributed by atoms with E-state index < -0.39 is 0 Å². The van der Waals surface area contributed by atoms with Crippen molar-refractivity contribution >= 4 is 17.5 Å². The summed E-state index contributed by atoms with van der Waals surface area (Å²) in [4.78, 5) is 31.1. The molecule has 2 aromatic heterocycles. The molecule has 1 N–H and O–H groups in total. The summed E-state index contributed by atoms with van der Waals surface area (Å²) in [7, 11) is 0. The second-order valence-electron chi connectivity index (χ2n) is 6.36. The number of carbonyl (C=O) groups is 2. The molecule has 2 aliphatic rings. The highest BCUT2D eigenvalue weighted by Gasteiger charge is 2.44. The van der Waals surface area contributed by atoms with Crippen LogP contribution < -0.4 is 5.32 Å². The van der Waals surface area contributed by atoms with E-state index in [1.807, 2.05) is 0 Å². The molecule has 0 aromatic carbocycles. The van der Waals surface area contributed by atoms with Gasteiger partial charge in [0.25, 0.3) is 5.91 Å². The molecule has 0 bridgehead atoms. The average molecular weight is 341 g/mol. The van der Waals surface area contributed by atoms with Crippen LogP contribution >= 0.6 is 0 Å². The van der Waals surface area contributed by atoms with Crippen molar-refractivity contribution in [2.45, 2.75) is 25.0 Å². The van der Waals surface area contributed by atoms with Gasteiger partial charge in [-0.2, -0.15) is 0 Å².